The van der Waals surface area contributed by atoms with Crippen LogP contribution in [0.3, 0.4) is 0 Å². The predicted octanol–water partition coefficient (Wildman–Crippen LogP) is 6.67. The Balaban J connectivity index is 2.34. The van der Waals surface area contributed by atoms with E-state index < -0.39 is 22.2 Å². The molecule has 0 spiro atoms. The van der Waals surface area contributed by atoms with Crippen LogP contribution in [0.2, 0.25) is 10.0 Å². The maximum atomic E-state index is 14.0. The fourth-order valence-corrected chi connectivity index (χ4v) is 5.65. The summed E-state index contributed by atoms with van der Waals surface area (Å²) in [6, 6.07) is 2.86. The van der Waals surface area contributed by atoms with Gasteiger partial charge < -0.3 is 14.4 Å². The molecule has 0 N–H and O–H groups in total. The summed E-state index contributed by atoms with van der Waals surface area (Å²) in [5.74, 6) is -1.06. The van der Waals surface area contributed by atoms with Crippen molar-refractivity contribution >= 4 is 57.7 Å². The van der Waals surface area contributed by atoms with Gasteiger partial charge in [-0.05, 0) is 64.7 Å². The molecule has 0 saturated heterocycles. The molecule has 0 radical (unpaired) electrons. The molecule has 0 aliphatic heterocycles. The number of hydrogen-bond acceptors (Lipinski definition) is 7. The molecule has 1 saturated carbocycles. The van der Waals surface area contributed by atoms with Crippen LogP contribution in [0.5, 0.6) is 5.75 Å². The van der Waals surface area contributed by atoms with Gasteiger partial charge in [-0.1, -0.05) is 61.3 Å². The van der Waals surface area contributed by atoms with Crippen molar-refractivity contribution in [2.45, 2.75) is 90.0 Å². The van der Waals surface area contributed by atoms with E-state index >= 15 is 0 Å². The minimum atomic E-state index is -1.36. The van der Waals surface area contributed by atoms with Crippen LogP contribution >= 0.6 is 35.0 Å². The molecule has 7 nitrogen and oxygen atoms in total. The molecule has 1 atom stereocenters. The third-order valence-corrected chi connectivity index (χ3v) is 8.00. The molecule has 10 heteroatoms. The number of amides is 1. The number of allylic oxidation sites excluding steroid dienone is 1. The number of ketones is 1. The van der Waals surface area contributed by atoms with Crippen molar-refractivity contribution in [3.63, 3.8) is 0 Å². The van der Waals surface area contributed by atoms with E-state index in [2.05, 4.69) is 6.58 Å². The Hall–Kier alpha value is -2.03. The highest BCUT2D eigenvalue weighted by atomic mass is 35.5. The highest BCUT2D eigenvalue weighted by Gasteiger charge is 2.43. The first-order valence-corrected chi connectivity index (χ1v) is 14.2. The Morgan fingerprint density at radius 3 is 2.21 bits per heavy atom. The summed E-state index contributed by atoms with van der Waals surface area (Å²) in [4.78, 5) is 53.0. The average molecular weight is 587 g/mol. The molecule has 0 aromatic heterocycles. The number of carbonyl (C=O) groups is 4. The Bertz CT molecular complexity index is 1090. The van der Waals surface area contributed by atoms with Crippen LogP contribution in [0.25, 0.3) is 0 Å². The molecule has 38 heavy (non-hydrogen) atoms. The second kappa shape index (κ2) is 13.4. The Labute approximate surface area is 239 Å². The van der Waals surface area contributed by atoms with Crippen molar-refractivity contribution in [2.24, 2.45) is 0 Å². The van der Waals surface area contributed by atoms with Crippen LogP contribution in [0.4, 0.5) is 0 Å². The molecule has 1 aliphatic carbocycles. The maximum absolute atomic E-state index is 14.0. The molecule has 1 aliphatic rings. The fourth-order valence-electron chi connectivity index (χ4n) is 4.24. The number of thioether (sulfide) groups is 1. The van der Waals surface area contributed by atoms with Crippen molar-refractivity contribution < 1.29 is 28.7 Å². The predicted molar refractivity (Wildman–Crippen MR) is 152 cm³/mol. The van der Waals surface area contributed by atoms with Gasteiger partial charge in [-0.25, -0.2) is 0 Å². The van der Waals surface area contributed by atoms with E-state index in [-0.39, 0.29) is 51.5 Å². The summed E-state index contributed by atoms with van der Waals surface area (Å²) in [5, 5.41) is -0.241. The molecule has 210 valence electrons. The molecule has 1 unspecified atom stereocenters. The lowest BCUT2D eigenvalue weighted by Crippen LogP contribution is -2.54. The second-order valence-corrected chi connectivity index (χ2v) is 13.0. The summed E-state index contributed by atoms with van der Waals surface area (Å²) >= 11 is 13.6. The SMILES string of the molecule is C=C(CC)C(=O)c1ccc(OCC(C)(SC(C)=O)C(=O)N(CC(=O)OC(C)(C)C)C2CCCC2)c(Cl)c1Cl. The lowest BCUT2D eigenvalue weighted by molar-refractivity contribution is -0.160. The quantitative estimate of drug-likeness (QED) is 0.163. The van der Waals surface area contributed by atoms with E-state index in [1.807, 2.05) is 6.92 Å². The molecule has 1 amide bonds. The van der Waals surface area contributed by atoms with Crippen LogP contribution < -0.4 is 4.74 Å². The minimum absolute atomic E-state index is 0.0189. The lowest BCUT2D eigenvalue weighted by atomic mass is 10.0. The van der Waals surface area contributed by atoms with Crippen LogP contribution in [-0.2, 0) is 19.1 Å². The summed E-state index contributed by atoms with van der Waals surface area (Å²) in [5.41, 5.74) is -0.100. The normalized spacial score (nSPS) is 15.5. The Kier molecular flexibility index (Phi) is 11.3. The zero-order chi connectivity index (χ0) is 28.8. The van der Waals surface area contributed by atoms with Crippen LogP contribution in [0.15, 0.2) is 24.3 Å². The Morgan fingerprint density at radius 2 is 1.68 bits per heavy atom. The second-order valence-electron chi connectivity index (χ2n) is 10.6. The van der Waals surface area contributed by atoms with Gasteiger partial charge in [-0.3, -0.25) is 19.2 Å². The van der Waals surface area contributed by atoms with Gasteiger partial charge in [0.15, 0.2) is 10.9 Å². The zero-order valence-corrected chi connectivity index (χ0v) is 25.3. The van der Waals surface area contributed by atoms with Crippen LogP contribution in [0, 0.1) is 0 Å². The first-order chi connectivity index (χ1) is 17.6. The molecule has 0 bridgehead atoms. The highest BCUT2D eigenvalue weighted by Crippen LogP contribution is 2.38. The molecule has 1 fully saturated rings. The van der Waals surface area contributed by atoms with Crippen molar-refractivity contribution in [1.29, 1.82) is 0 Å². The van der Waals surface area contributed by atoms with Gasteiger partial charge in [0.05, 0.1) is 5.02 Å². The van der Waals surface area contributed by atoms with Gasteiger partial charge >= 0.3 is 5.97 Å². The van der Waals surface area contributed by atoms with Gasteiger partial charge in [0, 0.05) is 18.5 Å². The number of carbonyl (C=O) groups excluding carboxylic acids is 4. The largest absolute Gasteiger partial charge is 0.490 e. The molecule has 1 aromatic rings. The smallest absolute Gasteiger partial charge is 0.326 e. The highest BCUT2D eigenvalue weighted by molar-refractivity contribution is 8.15. The van der Waals surface area contributed by atoms with Crippen molar-refractivity contribution in [3.8, 4) is 5.75 Å². The van der Waals surface area contributed by atoms with Crippen LogP contribution in [-0.4, -0.2) is 57.2 Å². The van der Waals surface area contributed by atoms with Crippen molar-refractivity contribution in [3.05, 3.63) is 39.9 Å². The standard InChI is InChI=1S/C28H37Cl2NO6S/c1-8-17(2)25(34)20-13-14-21(24(30)23(20)29)36-16-28(7,38-18(3)32)26(35)31(19-11-9-10-12-19)15-22(33)37-27(4,5)6/h13-14,19H,2,8-12,15-16H2,1,3-7H3. The van der Waals surface area contributed by atoms with Gasteiger partial charge in [-0.2, -0.15) is 0 Å². The van der Waals surface area contributed by atoms with E-state index in [0.717, 1.165) is 37.4 Å². The summed E-state index contributed by atoms with van der Waals surface area (Å²) in [6.07, 6.45) is 3.87. The monoisotopic (exact) mass is 585 g/mol. The van der Waals surface area contributed by atoms with Crippen LogP contribution in [0.1, 0.15) is 84.0 Å². The molecule has 1 aromatic carbocycles. The molecular formula is C28H37Cl2NO6S. The lowest BCUT2D eigenvalue weighted by Gasteiger charge is -2.36. The summed E-state index contributed by atoms with van der Waals surface area (Å²) in [7, 11) is 0. The summed E-state index contributed by atoms with van der Waals surface area (Å²) < 4.78 is 10.1. The van der Waals surface area contributed by atoms with E-state index in [4.69, 9.17) is 32.7 Å². The number of Topliss-reactive ketones (excluding diaryl/α,β-unsaturated/α-hetero) is 1. The number of benzene rings is 1. The molecule has 2 rings (SSSR count). The van der Waals surface area contributed by atoms with Gasteiger partial charge in [-0.15, -0.1) is 0 Å². The van der Waals surface area contributed by atoms with Gasteiger partial charge in [0.1, 0.15) is 34.3 Å². The number of ether oxygens (including phenoxy) is 2. The molecule has 0 heterocycles. The minimum Gasteiger partial charge on any atom is -0.490 e. The van der Waals surface area contributed by atoms with Gasteiger partial charge in [0.2, 0.25) is 5.91 Å². The van der Waals surface area contributed by atoms with E-state index in [1.165, 1.54) is 24.0 Å². The topological polar surface area (TPSA) is 90.0 Å². The van der Waals surface area contributed by atoms with Crippen molar-refractivity contribution in [1.82, 2.24) is 4.90 Å². The number of halogens is 2. The third-order valence-electron chi connectivity index (χ3n) is 6.11. The number of hydrogen-bond donors (Lipinski definition) is 0. The van der Waals surface area contributed by atoms with E-state index in [0.29, 0.717) is 12.0 Å². The number of rotatable bonds is 11. The van der Waals surface area contributed by atoms with E-state index in [1.54, 1.807) is 27.7 Å². The maximum Gasteiger partial charge on any atom is 0.326 e. The third kappa shape index (κ3) is 8.48. The van der Waals surface area contributed by atoms with Crippen molar-refractivity contribution in [2.75, 3.05) is 13.2 Å². The van der Waals surface area contributed by atoms with Gasteiger partial charge in [0.25, 0.3) is 0 Å². The first kappa shape index (κ1) is 32.2. The Morgan fingerprint density at radius 1 is 1.08 bits per heavy atom. The number of esters is 1. The zero-order valence-electron chi connectivity index (χ0n) is 22.9. The summed E-state index contributed by atoms with van der Waals surface area (Å²) in [6.45, 7) is 13.4. The number of nitrogens with zero attached hydrogens (tertiary/aromatic N) is 1. The molecular weight excluding hydrogens is 549 g/mol. The fraction of sp³-hybridized carbons (Fsp3) is 0.571. The first-order valence-electron chi connectivity index (χ1n) is 12.7. The average Bonchev–Trinajstić information content (AvgIpc) is 3.35. The van der Waals surface area contributed by atoms with E-state index in [9.17, 15) is 19.2 Å².